The summed E-state index contributed by atoms with van der Waals surface area (Å²) in [5, 5.41) is 8.50. The van der Waals surface area contributed by atoms with E-state index in [0.29, 0.717) is 12.0 Å². The maximum atomic E-state index is 10.0. The summed E-state index contributed by atoms with van der Waals surface area (Å²) in [5.74, 6) is 0. The molecule has 0 aromatic heterocycles. The normalized spacial score (nSPS) is 8.92. The Bertz CT molecular complexity index is 295. The van der Waals surface area contributed by atoms with Crippen molar-refractivity contribution in [3.8, 4) is 6.07 Å². The second-order valence-corrected chi connectivity index (χ2v) is 2.51. The van der Waals surface area contributed by atoms with Crippen LogP contribution in [0.5, 0.6) is 0 Å². The lowest BCUT2D eigenvalue weighted by atomic mass is 10.1. The first-order valence-corrected chi connectivity index (χ1v) is 3.79. The van der Waals surface area contributed by atoms with E-state index in [1.807, 2.05) is 18.2 Å². The molecule has 0 aliphatic carbocycles. The third kappa shape index (κ3) is 2.21. The molecule has 1 rings (SSSR count). The molecule has 0 spiro atoms. The summed E-state index contributed by atoms with van der Waals surface area (Å²) in [6, 6.07) is 9.32. The van der Waals surface area contributed by atoms with Gasteiger partial charge in [0.2, 0.25) is 0 Å². The summed E-state index contributed by atoms with van der Waals surface area (Å²) in [6.45, 7) is 0. The number of carbonyl (C=O) groups is 1. The number of aryl methyl sites for hydroxylation is 1. The van der Waals surface area contributed by atoms with Gasteiger partial charge in [-0.1, -0.05) is 12.1 Å². The lowest BCUT2D eigenvalue weighted by molar-refractivity contribution is -0.107. The van der Waals surface area contributed by atoms with E-state index in [0.717, 1.165) is 18.3 Å². The van der Waals surface area contributed by atoms with E-state index in [4.69, 9.17) is 5.26 Å². The third-order valence-electron chi connectivity index (χ3n) is 1.63. The van der Waals surface area contributed by atoms with Gasteiger partial charge in [0.05, 0.1) is 11.6 Å². The highest BCUT2D eigenvalue weighted by molar-refractivity contribution is 5.50. The van der Waals surface area contributed by atoms with E-state index in [9.17, 15) is 4.79 Å². The Morgan fingerprint density at radius 1 is 1.33 bits per heavy atom. The fraction of sp³-hybridized carbons (Fsp3) is 0.200. The molecule has 0 bridgehead atoms. The monoisotopic (exact) mass is 159 g/mol. The highest BCUT2D eigenvalue weighted by Crippen LogP contribution is 2.04. The molecule has 0 atom stereocenters. The number of aldehydes is 1. The predicted octanol–water partition coefficient (Wildman–Crippen LogP) is 1.69. The van der Waals surface area contributed by atoms with Crippen LogP contribution in [-0.2, 0) is 11.2 Å². The zero-order valence-corrected chi connectivity index (χ0v) is 6.66. The van der Waals surface area contributed by atoms with E-state index < -0.39 is 0 Å². The lowest BCUT2D eigenvalue weighted by Gasteiger charge is -1.95. The van der Waals surface area contributed by atoms with E-state index >= 15 is 0 Å². The average molecular weight is 159 g/mol. The van der Waals surface area contributed by atoms with Crippen LogP contribution in [0.1, 0.15) is 17.5 Å². The second kappa shape index (κ2) is 4.30. The molecule has 0 N–H and O–H groups in total. The van der Waals surface area contributed by atoms with Crippen LogP contribution < -0.4 is 0 Å². The van der Waals surface area contributed by atoms with E-state index in [1.54, 1.807) is 12.1 Å². The van der Waals surface area contributed by atoms with Crippen LogP contribution in [0.4, 0.5) is 0 Å². The Morgan fingerprint density at radius 3 is 2.50 bits per heavy atom. The number of benzene rings is 1. The fourth-order valence-electron chi connectivity index (χ4n) is 0.972. The van der Waals surface area contributed by atoms with Crippen molar-refractivity contribution in [2.45, 2.75) is 12.8 Å². The molecule has 0 aliphatic rings. The van der Waals surface area contributed by atoms with Crippen molar-refractivity contribution in [2.75, 3.05) is 0 Å². The topological polar surface area (TPSA) is 40.9 Å². The van der Waals surface area contributed by atoms with Gasteiger partial charge in [0.25, 0.3) is 0 Å². The van der Waals surface area contributed by atoms with Crippen molar-refractivity contribution in [3.63, 3.8) is 0 Å². The summed E-state index contributed by atoms with van der Waals surface area (Å²) in [7, 11) is 0. The molecule has 12 heavy (non-hydrogen) atoms. The molecule has 0 heterocycles. The van der Waals surface area contributed by atoms with Gasteiger partial charge in [-0.3, -0.25) is 0 Å². The average Bonchev–Trinajstić information content (AvgIpc) is 2.15. The van der Waals surface area contributed by atoms with Gasteiger partial charge in [-0.05, 0) is 24.1 Å². The molecule has 60 valence electrons. The smallest absolute Gasteiger partial charge is 0.120 e. The molecule has 0 saturated heterocycles. The molecule has 0 radical (unpaired) electrons. The Morgan fingerprint density at radius 2 is 2.00 bits per heavy atom. The van der Waals surface area contributed by atoms with Crippen LogP contribution in [0.2, 0.25) is 0 Å². The number of hydrogen-bond acceptors (Lipinski definition) is 2. The van der Waals surface area contributed by atoms with Crippen molar-refractivity contribution >= 4 is 6.29 Å². The first kappa shape index (κ1) is 8.48. The maximum absolute atomic E-state index is 10.0. The van der Waals surface area contributed by atoms with Crippen molar-refractivity contribution in [1.29, 1.82) is 5.26 Å². The molecule has 2 nitrogen and oxygen atoms in total. The number of carbonyl (C=O) groups excluding carboxylic acids is 1. The Hall–Kier alpha value is -1.62. The Kier molecular flexibility index (Phi) is 3.04. The molecule has 0 amide bonds. The van der Waals surface area contributed by atoms with Gasteiger partial charge in [0, 0.05) is 6.42 Å². The molecular formula is C10H9NO. The van der Waals surface area contributed by atoms with Crippen molar-refractivity contribution < 1.29 is 4.79 Å². The van der Waals surface area contributed by atoms with Gasteiger partial charge >= 0.3 is 0 Å². The molecule has 1 aromatic carbocycles. The van der Waals surface area contributed by atoms with Crippen LogP contribution in [-0.4, -0.2) is 6.29 Å². The summed E-state index contributed by atoms with van der Waals surface area (Å²) in [6.07, 6.45) is 2.21. The molecule has 0 saturated carbocycles. The van der Waals surface area contributed by atoms with Gasteiger partial charge in [-0.15, -0.1) is 0 Å². The largest absolute Gasteiger partial charge is 0.303 e. The molecular weight excluding hydrogens is 150 g/mol. The van der Waals surface area contributed by atoms with Crippen LogP contribution in [0, 0.1) is 11.3 Å². The quantitative estimate of drug-likeness (QED) is 0.629. The molecule has 0 fully saturated rings. The van der Waals surface area contributed by atoms with Crippen LogP contribution in [0.25, 0.3) is 0 Å². The number of rotatable bonds is 3. The summed E-state index contributed by atoms with van der Waals surface area (Å²) < 4.78 is 0. The number of nitriles is 1. The van der Waals surface area contributed by atoms with Crippen LogP contribution in [0.15, 0.2) is 24.3 Å². The third-order valence-corrected chi connectivity index (χ3v) is 1.63. The zero-order valence-electron chi connectivity index (χ0n) is 6.66. The van der Waals surface area contributed by atoms with Crippen LogP contribution >= 0.6 is 0 Å². The Labute approximate surface area is 71.4 Å². The van der Waals surface area contributed by atoms with Crippen molar-refractivity contribution in [2.24, 2.45) is 0 Å². The SMILES string of the molecule is N#Cc1ccc(CCC=O)cc1. The van der Waals surface area contributed by atoms with Gasteiger partial charge in [0.15, 0.2) is 0 Å². The highest BCUT2D eigenvalue weighted by Gasteiger charge is 1.92. The fourth-order valence-corrected chi connectivity index (χ4v) is 0.972. The summed E-state index contributed by atoms with van der Waals surface area (Å²) in [5.41, 5.74) is 1.76. The lowest BCUT2D eigenvalue weighted by Crippen LogP contribution is -1.85. The van der Waals surface area contributed by atoms with Gasteiger partial charge < -0.3 is 4.79 Å². The predicted molar refractivity (Wildman–Crippen MR) is 45.5 cm³/mol. The summed E-state index contributed by atoms with van der Waals surface area (Å²) in [4.78, 5) is 10.0. The van der Waals surface area contributed by atoms with Gasteiger partial charge in [-0.2, -0.15) is 5.26 Å². The molecule has 2 heteroatoms. The van der Waals surface area contributed by atoms with Crippen LogP contribution in [0.3, 0.4) is 0 Å². The molecule has 0 unspecified atom stereocenters. The van der Waals surface area contributed by atoms with Gasteiger partial charge in [-0.25, -0.2) is 0 Å². The minimum atomic E-state index is 0.548. The number of nitrogens with zero attached hydrogens (tertiary/aromatic N) is 1. The van der Waals surface area contributed by atoms with E-state index in [2.05, 4.69) is 0 Å². The number of hydrogen-bond donors (Lipinski definition) is 0. The van der Waals surface area contributed by atoms with Crippen molar-refractivity contribution in [1.82, 2.24) is 0 Å². The zero-order chi connectivity index (χ0) is 8.81. The first-order chi connectivity index (χ1) is 5.86. The maximum Gasteiger partial charge on any atom is 0.120 e. The minimum Gasteiger partial charge on any atom is -0.303 e. The second-order valence-electron chi connectivity index (χ2n) is 2.51. The van der Waals surface area contributed by atoms with Crippen molar-refractivity contribution in [3.05, 3.63) is 35.4 Å². The minimum absolute atomic E-state index is 0.548. The molecule has 0 aliphatic heterocycles. The highest BCUT2D eigenvalue weighted by atomic mass is 16.1. The molecule has 1 aromatic rings. The standard InChI is InChI=1S/C10H9NO/c11-8-10-5-3-9(4-6-10)2-1-7-12/h3-7H,1-2H2. The van der Waals surface area contributed by atoms with E-state index in [1.165, 1.54) is 0 Å². The van der Waals surface area contributed by atoms with E-state index in [-0.39, 0.29) is 0 Å². The first-order valence-electron chi connectivity index (χ1n) is 3.79. The Balaban J connectivity index is 2.66. The van der Waals surface area contributed by atoms with Gasteiger partial charge in [0.1, 0.15) is 6.29 Å². The summed E-state index contributed by atoms with van der Waals surface area (Å²) >= 11 is 0.